The second-order valence-electron chi connectivity index (χ2n) is 2.35. The summed E-state index contributed by atoms with van der Waals surface area (Å²) in [4.78, 5) is 14.8. The molecule has 0 aliphatic heterocycles. The fraction of sp³-hybridized carbons (Fsp3) is 0.500. The highest BCUT2D eigenvalue weighted by Gasteiger charge is 2.04. The molecule has 0 saturated carbocycles. The van der Waals surface area contributed by atoms with Crippen molar-refractivity contribution in [3.05, 3.63) is 18.2 Å². The van der Waals surface area contributed by atoms with Gasteiger partial charge in [0.2, 0.25) is 0 Å². The predicted molar refractivity (Wildman–Crippen MR) is 42.4 cm³/mol. The van der Waals surface area contributed by atoms with Crippen LogP contribution in [-0.2, 0) is 16.1 Å². The predicted octanol–water partition coefficient (Wildman–Crippen LogP) is 0.555. The molecule has 0 N–H and O–H groups in total. The Morgan fingerprint density at radius 3 is 3.08 bits per heavy atom. The Balaban J connectivity index is 2.52. The van der Waals surface area contributed by atoms with Crippen molar-refractivity contribution in [2.45, 2.75) is 20.4 Å². The third-order valence-corrected chi connectivity index (χ3v) is 1.46. The van der Waals surface area contributed by atoms with Crippen LogP contribution in [-0.4, -0.2) is 22.1 Å². The molecule has 1 radical (unpaired) electrons. The molecule has 0 unspecified atom stereocenters. The smallest absolute Gasteiger partial charge is 0.325 e. The van der Waals surface area contributed by atoms with Gasteiger partial charge in [0.05, 0.1) is 6.61 Å². The highest BCUT2D eigenvalue weighted by atomic mass is 16.5. The van der Waals surface area contributed by atoms with Crippen molar-refractivity contribution in [3.8, 4) is 0 Å². The third-order valence-electron chi connectivity index (χ3n) is 1.46. The van der Waals surface area contributed by atoms with E-state index in [0.717, 1.165) is 5.82 Å². The molecule has 0 amide bonds. The lowest BCUT2D eigenvalue weighted by Crippen LogP contribution is -2.13. The number of aryl methyl sites for hydroxylation is 1. The summed E-state index contributed by atoms with van der Waals surface area (Å²) < 4.78 is 6.46. The van der Waals surface area contributed by atoms with E-state index in [2.05, 4.69) is 11.2 Å². The van der Waals surface area contributed by atoms with Gasteiger partial charge in [-0.1, -0.05) is 0 Å². The van der Waals surface area contributed by atoms with E-state index in [0.29, 0.717) is 6.61 Å². The van der Waals surface area contributed by atoms with Gasteiger partial charge in [-0.05, 0) is 13.8 Å². The summed E-state index contributed by atoms with van der Waals surface area (Å²) in [5.41, 5.74) is 0. The summed E-state index contributed by atoms with van der Waals surface area (Å²) in [5, 5.41) is 0. The molecule has 0 aliphatic carbocycles. The molecule has 0 fully saturated rings. The molecule has 1 aromatic heterocycles. The summed E-state index contributed by atoms with van der Waals surface area (Å²) in [6.45, 7) is 4.23. The lowest BCUT2D eigenvalue weighted by molar-refractivity contribution is -0.143. The number of rotatable bonds is 3. The number of carbonyl (C=O) groups is 1. The molecule has 0 aliphatic rings. The molecule has 1 rings (SSSR count). The maximum absolute atomic E-state index is 11.0. The highest BCUT2D eigenvalue weighted by molar-refractivity contribution is 5.69. The standard InChI is InChI=1S/C8H11N2O2/c1-3-12-8(11)6-10-5-4-9-7(10)2/h5H,3,6H2,1-2H3. The zero-order valence-electron chi connectivity index (χ0n) is 7.20. The number of aromatic nitrogens is 2. The van der Waals surface area contributed by atoms with Gasteiger partial charge >= 0.3 is 5.97 Å². The Bertz CT molecular complexity index is 268. The fourth-order valence-corrected chi connectivity index (χ4v) is 0.855. The first-order valence-corrected chi connectivity index (χ1v) is 3.79. The van der Waals surface area contributed by atoms with Gasteiger partial charge in [-0.25, -0.2) is 4.98 Å². The van der Waals surface area contributed by atoms with Crippen LogP contribution in [0.15, 0.2) is 6.20 Å². The summed E-state index contributed by atoms with van der Waals surface area (Å²) in [7, 11) is 0. The number of hydrogen-bond acceptors (Lipinski definition) is 3. The van der Waals surface area contributed by atoms with Gasteiger partial charge in [-0.15, -0.1) is 0 Å². The molecule has 0 bridgehead atoms. The van der Waals surface area contributed by atoms with Crippen LogP contribution < -0.4 is 0 Å². The monoisotopic (exact) mass is 167 g/mol. The molecule has 1 aromatic rings. The topological polar surface area (TPSA) is 44.1 Å². The van der Waals surface area contributed by atoms with Crippen molar-refractivity contribution < 1.29 is 9.53 Å². The first-order chi connectivity index (χ1) is 5.74. The molecule has 1 heterocycles. The number of esters is 1. The molecule has 4 heteroatoms. The van der Waals surface area contributed by atoms with Crippen LogP contribution in [0.4, 0.5) is 0 Å². The quantitative estimate of drug-likeness (QED) is 0.618. The SMILES string of the molecule is CCOC(=O)Cn1c[c]nc1C. The van der Waals surface area contributed by atoms with Gasteiger partial charge in [-0.2, -0.15) is 0 Å². The Morgan fingerprint density at radius 1 is 1.83 bits per heavy atom. The minimum Gasteiger partial charge on any atom is -0.465 e. The molecule has 0 atom stereocenters. The van der Waals surface area contributed by atoms with E-state index < -0.39 is 0 Å². The molecular weight excluding hydrogens is 156 g/mol. The van der Waals surface area contributed by atoms with Crippen LogP contribution in [0, 0.1) is 13.1 Å². The molecule has 0 spiro atoms. The Labute approximate surface area is 71.2 Å². The third kappa shape index (κ3) is 2.08. The van der Waals surface area contributed by atoms with E-state index >= 15 is 0 Å². The molecular formula is C8H11N2O2. The molecule has 0 aromatic carbocycles. The minimum absolute atomic E-state index is 0.218. The van der Waals surface area contributed by atoms with Crippen molar-refractivity contribution in [1.82, 2.24) is 9.55 Å². The lowest BCUT2D eigenvalue weighted by Gasteiger charge is -2.03. The van der Waals surface area contributed by atoms with Crippen LogP contribution in [0.3, 0.4) is 0 Å². The largest absolute Gasteiger partial charge is 0.465 e. The zero-order chi connectivity index (χ0) is 8.97. The molecule has 12 heavy (non-hydrogen) atoms. The van der Waals surface area contributed by atoms with Gasteiger partial charge < -0.3 is 9.30 Å². The van der Waals surface area contributed by atoms with Gasteiger partial charge in [0.1, 0.15) is 18.6 Å². The maximum Gasteiger partial charge on any atom is 0.325 e. The fourth-order valence-electron chi connectivity index (χ4n) is 0.855. The normalized spacial score (nSPS) is 9.83. The Kier molecular flexibility index (Phi) is 2.85. The van der Waals surface area contributed by atoms with E-state index in [1.165, 1.54) is 0 Å². The van der Waals surface area contributed by atoms with E-state index in [1.807, 2.05) is 6.92 Å². The Morgan fingerprint density at radius 2 is 2.58 bits per heavy atom. The second kappa shape index (κ2) is 3.90. The van der Waals surface area contributed by atoms with Crippen LogP contribution >= 0.6 is 0 Å². The van der Waals surface area contributed by atoms with Crippen molar-refractivity contribution in [2.75, 3.05) is 6.61 Å². The van der Waals surface area contributed by atoms with E-state index in [9.17, 15) is 4.79 Å². The highest BCUT2D eigenvalue weighted by Crippen LogP contribution is 1.94. The van der Waals surface area contributed by atoms with E-state index in [1.54, 1.807) is 17.7 Å². The Hall–Kier alpha value is -1.32. The number of imidazole rings is 1. The van der Waals surface area contributed by atoms with Gasteiger partial charge in [0.25, 0.3) is 0 Å². The minimum atomic E-state index is -0.244. The number of nitrogens with zero attached hydrogens (tertiary/aromatic N) is 2. The molecule has 4 nitrogen and oxygen atoms in total. The number of hydrogen-bond donors (Lipinski definition) is 0. The summed E-state index contributed by atoms with van der Waals surface area (Å²) >= 11 is 0. The summed E-state index contributed by atoms with van der Waals surface area (Å²) in [6.07, 6.45) is 4.28. The number of carbonyl (C=O) groups excluding carboxylic acids is 1. The van der Waals surface area contributed by atoms with Gasteiger partial charge in [0.15, 0.2) is 0 Å². The lowest BCUT2D eigenvalue weighted by atomic mass is 10.6. The summed E-state index contributed by atoms with van der Waals surface area (Å²) in [5.74, 6) is 0.523. The van der Waals surface area contributed by atoms with Crippen LogP contribution in [0.25, 0.3) is 0 Å². The van der Waals surface area contributed by atoms with Crippen molar-refractivity contribution in [3.63, 3.8) is 0 Å². The molecule has 0 saturated heterocycles. The van der Waals surface area contributed by atoms with E-state index in [4.69, 9.17) is 4.74 Å². The first-order valence-electron chi connectivity index (χ1n) is 3.79. The average molecular weight is 167 g/mol. The number of ether oxygens (including phenoxy) is 1. The van der Waals surface area contributed by atoms with E-state index in [-0.39, 0.29) is 12.5 Å². The maximum atomic E-state index is 11.0. The van der Waals surface area contributed by atoms with Gasteiger partial charge in [0, 0.05) is 6.20 Å². The first kappa shape index (κ1) is 8.77. The second-order valence-corrected chi connectivity index (χ2v) is 2.35. The van der Waals surface area contributed by atoms with Crippen LogP contribution in [0.5, 0.6) is 0 Å². The van der Waals surface area contributed by atoms with Crippen molar-refractivity contribution in [1.29, 1.82) is 0 Å². The van der Waals surface area contributed by atoms with Gasteiger partial charge in [-0.3, -0.25) is 4.79 Å². The zero-order valence-corrected chi connectivity index (χ0v) is 7.20. The molecule has 65 valence electrons. The van der Waals surface area contributed by atoms with Crippen LogP contribution in [0.2, 0.25) is 0 Å². The average Bonchev–Trinajstić information content (AvgIpc) is 2.37. The van der Waals surface area contributed by atoms with Crippen molar-refractivity contribution >= 4 is 5.97 Å². The summed E-state index contributed by atoms with van der Waals surface area (Å²) in [6, 6.07) is 0. The van der Waals surface area contributed by atoms with Crippen LogP contribution in [0.1, 0.15) is 12.7 Å². The van der Waals surface area contributed by atoms with Crippen molar-refractivity contribution in [2.24, 2.45) is 0 Å².